The maximum absolute atomic E-state index is 11.8. The zero-order valence-corrected chi connectivity index (χ0v) is 76.4. The van der Waals surface area contributed by atoms with Crippen LogP contribution >= 0.6 is 94.1 Å². The van der Waals surface area contributed by atoms with E-state index in [1.165, 1.54) is 48.5 Å². The molecule has 746 valence electrons. The molecule has 0 spiro atoms. The van der Waals surface area contributed by atoms with Gasteiger partial charge >= 0.3 is 0 Å². The second kappa shape index (κ2) is 42.2. The molecule has 136 heavy (non-hydrogen) atoms. The van der Waals surface area contributed by atoms with Gasteiger partial charge in [-0.3, -0.25) is 0 Å². The van der Waals surface area contributed by atoms with Crippen molar-refractivity contribution in [2.45, 2.75) is 278 Å². The predicted molar refractivity (Wildman–Crippen MR) is 473 cm³/mol. The summed E-state index contributed by atoms with van der Waals surface area (Å²) in [5, 5.41) is 358. The number of fused-ring (bicyclic) bond motifs is 20. The van der Waals surface area contributed by atoms with Crippen molar-refractivity contribution < 1.29 is 201 Å². The van der Waals surface area contributed by atoms with Crippen LogP contribution in [0.25, 0.3) is 89.7 Å². The van der Waals surface area contributed by atoms with Crippen LogP contribution in [-0.2, 0) is 37.9 Å². The minimum absolute atomic E-state index is 0.000967. The lowest BCUT2D eigenvalue weighted by Crippen LogP contribution is -2.57. The van der Waals surface area contributed by atoms with Crippen molar-refractivity contribution in [3.63, 3.8) is 0 Å². The third-order valence-corrected chi connectivity index (χ3v) is 35.0. The topological polar surface area (TPSA) is 830 Å². The Bertz CT molecular complexity index is 4980. The van der Waals surface area contributed by atoms with E-state index < -0.39 is 292 Å². The Morgan fingerprint density at radius 1 is 0.184 bits per heavy atom. The van der Waals surface area contributed by atoms with E-state index in [0.29, 0.717) is 94.1 Å². The lowest BCUT2D eigenvalue weighted by Gasteiger charge is -2.40. The van der Waals surface area contributed by atoms with Gasteiger partial charge in [-0.15, -0.1) is 0 Å². The summed E-state index contributed by atoms with van der Waals surface area (Å²) >= 11 is 5.30. The van der Waals surface area contributed by atoms with Crippen molar-refractivity contribution >= 4 is 138 Å². The molecule has 0 aliphatic carbocycles. The first kappa shape index (κ1) is 103. The van der Waals surface area contributed by atoms with E-state index in [-0.39, 0.29) is 129 Å². The van der Waals surface area contributed by atoms with Gasteiger partial charge in [0.1, 0.15) is 261 Å². The zero-order valence-electron chi connectivity index (χ0n) is 69.9. The monoisotopic (exact) mass is 2070 g/mol. The summed E-state index contributed by atoms with van der Waals surface area (Å²) in [4.78, 5) is 37.7. The Kier molecular flexibility index (Phi) is 32.0. The van der Waals surface area contributed by atoms with Crippen LogP contribution in [0, 0.1) is 0 Å². The van der Waals surface area contributed by atoms with Crippen LogP contribution < -0.4 is 0 Å². The van der Waals surface area contributed by atoms with Gasteiger partial charge in [-0.1, -0.05) is 94.1 Å². The summed E-state index contributed by atoms with van der Waals surface area (Å²) in [7, 11) is 0. The van der Waals surface area contributed by atoms with E-state index in [2.05, 4.69) is 9.97 Å². The smallest absolute Gasteiger partial charge is 0.164 e. The van der Waals surface area contributed by atoms with Gasteiger partial charge in [0.15, 0.2) is 23.3 Å². The summed E-state index contributed by atoms with van der Waals surface area (Å²) in [6, 6.07) is 11.3. The number of hydrogen-bond acceptors (Lipinski definition) is 54. The highest BCUT2D eigenvalue weighted by atomic mass is 32.2. The number of aliphatic hydroxyl groups is 32. The Balaban J connectivity index is 0.991. The molecule has 13 heterocycles. The van der Waals surface area contributed by atoms with Gasteiger partial charge < -0.3 is 211 Å². The van der Waals surface area contributed by atoms with Crippen molar-refractivity contribution in [3.05, 3.63) is 48.5 Å². The van der Waals surface area contributed by atoms with E-state index in [0.717, 1.165) is 0 Å². The summed E-state index contributed by atoms with van der Waals surface area (Å²) in [5.41, 5.74) is -14.1. The van der Waals surface area contributed by atoms with Crippen LogP contribution in [0.4, 0.5) is 0 Å². The van der Waals surface area contributed by atoms with Gasteiger partial charge in [-0.25, -0.2) is 29.9 Å². The minimum atomic E-state index is -1.99. The van der Waals surface area contributed by atoms with Crippen LogP contribution in [0.15, 0.2) is 87.7 Å². The average molecular weight is 2070 g/mol. The van der Waals surface area contributed by atoms with Crippen molar-refractivity contribution in [3.8, 4) is 45.6 Å². The number of aromatic nitrogens is 8. The standard InChI is InChI=1S/C80H98N8O40S8/c89-9-25-41(97)49(105)57(113)73(121-25)129-33-1-17-18(2-34(33)130-74-58(114)50(106)42(98)26(10-90)122-74)66-81-65(17)85-67-19-3-35(131-75-59(115)51(107)43(99)27(11-91)123-75)36(132-76-60(116)52(108)44(100)28(12-92)124-76)4-20(19)69(82-67)87-71-23-7-39(135-79-63(119)55(111)47(103)31(15-95)127-79)40(136-80-64(120)56(112)48(104)32(16-96)128-80)8-24(23)72(84-71)88-70-22-6-38(134-78-62(118)54(110)46(102)30(14-94)126-78)37(5-21(22)68(83-70)86-66)133-77-61(117)53(109)45(101)29(13-93)125-77/h1-8,25-32,41-64,73-80,89-120H,9-16H2,(H2,81,82,83,84,85,86,87,88)/t25-,26-,27-,28-,29-,30-,31-,32-,41-,42-,43-,44-,45-,46-,47-,48-,49+,50+,51+,52+,53+,54+,55+,56+,57-,58-,59-,60-,61-,62-,63-,64-,73-,74-,75-,76-,77-,78-,79-,80-/m1/s1. The molecule has 0 unspecified atom stereocenters. The molecular weight excluding hydrogens is 1970 g/mol. The van der Waals surface area contributed by atoms with Crippen molar-refractivity contribution in [1.82, 2.24) is 39.9 Å². The lowest BCUT2D eigenvalue weighted by molar-refractivity contribution is -0.205. The molecule has 0 amide bonds. The minimum Gasteiger partial charge on any atom is -0.394 e. The van der Waals surface area contributed by atoms with E-state index in [9.17, 15) is 163 Å². The van der Waals surface area contributed by atoms with Crippen molar-refractivity contribution in [2.24, 2.45) is 0 Å². The van der Waals surface area contributed by atoms with E-state index >= 15 is 0 Å². The molecule has 7 aromatic rings. The van der Waals surface area contributed by atoms with Gasteiger partial charge in [0.25, 0.3) is 0 Å². The van der Waals surface area contributed by atoms with Gasteiger partial charge in [0, 0.05) is 83.0 Å². The fourth-order valence-corrected chi connectivity index (χ4v) is 26.9. The number of thioether (sulfide) groups is 8. The van der Waals surface area contributed by atoms with Crippen LogP contribution in [-0.4, -0.2) is 495 Å². The first-order chi connectivity index (χ1) is 64.9. The summed E-state index contributed by atoms with van der Waals surface area (Å²) in [5.74, 6) is -1.35. The number of nitrogens with zero attached hydrogens (tertiary/aromatic N) is 6. The number of rotatable bonds is 24. The lowest BCUT2D eigenvalue weighted by atomic mass is 10.0. The average Bonchev–Trinajstić information content (AvgIpc) is 1.58. The molecular formula is C80H98N8O40S8. The third kappa shape index (κ3) is 19.4. The molecule has 10 aliphatic heterocycles. The number of benzene rings is 4. The Hall–Kier alpha value is -4.56. The zero-order chi connectivity index (χ0) is 97.2. The molecule has 48 nitrogen and oxygen atoms in total. The molecule has 56 heteroatoms. The SMILES string of the molecule is OC[C@H]1O[C@H](Sc2cc3c(cc2S[C@H]2O[C@H](CO)[C@@H](O)[C@H](O)[C@H]2O)-c2nc-3nc3[nH]c(nc4nc(nc5[nH]c(n2)c2cc(S[C@H]6O[C@H](CO)[C@@H](O)[C@H](O)[C@H]6O)c(S[C@H]6O[C@H](CO)[C@@H](O)[C@H](O)[C@H]6O)cc52)-c2cc(S[C@H]5O[C@H](CO)[C@@H](O)[C@H](O)[C@H]5O)c(S[C@H]5O[C@H](CO)[C@@H](O)[C@H](O)[C@H]5O)cc2-4)c2cc(S[C@H]4O[C@H](CO)[C@@H](O)[C@H](O)[C@H]4O)c(S[C@H]4O[C@H](CO)[C@@H](O)[C@H](O)[C@H]4O)cc32)[C@H](O)[C@@H](O)[C@@H]1O. The summed E-state index contributed by atoms with van der Waals surface area (Å²) in [6.07, 6.45) is -58.9. The number of aromatic amines is 2. The highest BCUT2D eigenvalue weighted by Gasteiger charge is 2.54. The maximum Gasteiger partial charge on any atom is 0.164 e. The van der Waals surface area contributed by atoms with Gasteiger partial charge in [0.05, 0.1) is 52.9 Å². The fourth-order valence-electron chi connectivity index (χ4n) is 16.9. The van der Waals surface area contributed by atoms with Crippen molar-refractivity contribution in [2.75, 3.05) is 52.9 Å². The predicted octanol–water partition coefficient (Wildman–Crippen LogP) is -9.99. The Morgan fingerprint density at radius 2 is 0.316 bits per heavy atom. The maximum atomic E-state index is 11.8. The van der Waals surface area contributed by atoms with Gasteiger partial charge in [-0.2, -0.15) is 0 Å². The highest BCUT2D eigenvalue weighted by Crippen LogP contribution is 2.54. The first-order valence-corrected chi connectivity index (χ1v) is 49.3. The number of aliphatic hydroxyl groups excluding tert-OH is 32. The Labute approximate surface area is 799 Å². The van der Waals surface area contributed by atoms with E-state index in [4.69, 9.17) is 67.8 Å². The second-order valence-electron chi connectivity index (χ2n) is 33.5. The molecule has 40 atom stereocenters. The van der Waals surface area contributed by atoms with Gasteiger partial charge in [-0.05, 0) is 48.5 Å². The Morgan fingerprint density at radius 3 is 0.449 bits per heavy atom. The normalized spacial score (nSPS) is 39.4. The van der Waals surface area contributed by atoms with E-state index in [1.807, 2.05) is 0 Å². The van der Waals surface area contributed by atoms with Crippen molar-refractivity contribution in [1.29, 1.82) is 0 Å². The number of nitrogens with one attached hydrogen (secondary N) is 2. The second-order valence-corrected chi connectivity index (χ2v) is 42.6. The first-order valence-electron chi connectivity index (χ1n) is 42.3. The molecule has 0 saturated carbocycles. The summed E-state index contributed by atoms with van der Waals surface area (Å²) < 4.78 is 48.5. The summed E-state index contributed by atoms with van der Waals surface area (Å²) in [6.45, 7) is -7.24. The van der Waals surface area contributed by atoms with Crippen LogP contribution in [0.2, 0.25) is 0 Å². The molecule has 8 saturated heterocycles. The molecule has 17 rings (SSSR count). The number of hydrogen-bond donors (Lipinski definition) is 34. The third-order valence-electron chi connectivity index (χ3n) is 24.8. The van der Waals surface area contributed by atoms with Gasteiger partial charge in [0.2, 0.25) is 0 Å². The molecule has 8 fully saturated rings. The van der Waals surface area contributed by atoms with Crippen LogP contribution in [0.1, 0.15) is 0 Å². The highest BCUT2D eigenvalue weighted by molar-refractivity contribution is 8.04. The van der Waals surface area contributed by atoms with Crippen LogP contribution in [0.3, 0.4) is 0 Å². The molecule has 0 radical (unpaired) electrons. The van der Waals surface area contributed by atoms with Crippen LogP contribution in [0.5, 0.6) is 0 Å². The molecule has 34 N–H and O–H groups in total. The molecule has 8 bridgehead atoms. The molecule has 4 aromatic carbocycles. The quantitative estimate of drug-likeness (QED) is 0.0267. The fraction of sp³-hybridized carbons (Fsp3) is 0.600. The number of H-pyrrole nitrogens is 2. The van der Waals surface area contributed by atoms with E-state index in [1.54, 1.807) is 0 Å². The largest absolute Gasteiger partial charge is 0.394 e. The molecule has 3 aromatic heterocycles. The molecule has 10 aliphatic rings. The number of ether oxygens (including phenoxy) is 8.